The van der Waals surface area contributed by atoms with Crippen molar-refractivity contribution in [2.24, 2.45) is 11.8 Å². The van der Waals surface area contributed by atoms with Crippen LogP contribution in [0.25, 0.3) is 0 Å². The molecule has 3 atom stereocenters. The Balaban J connectivity index is 1.79. The maximum absolute atomic E-state index is 3.93. The van der Waals surface area contributed by atoms with Crippen LogP contribution in [-0.4, -0.2) is 12.1 Å². The summed E-state index contributed by atoms with van der Waals surface area (Å²) in [5, 5.41) is 3.93. The lowest BCUT2D eigenvalue weighted by atomic mass is 9.91. The number of rotatable bonds is 3. The standard InChI is InChI=1S/C15H29N/c1-12-8-7-11-15(12)16-13(2)14-9-5-3-4-6-10-14/h12-16H,3-11H2,1-2H3/t12?,13-,15?/m0/s1. The van der Waals surface area contributed by atoms with Crippen molar-refractivity contribution in [3.63, 3.8) is 0 Å². The van der Waals surface area contributed by atoms with Gasteiger partial charge in [0.25, 0.3) is 0 Å². The van der Waals surface area contributed by atoms with Crippen molar-refractivity contribution in [2.45, 2.75) is 83.7 Å². The van der Waals surface area contributed by atoms with E-state index in [1.807, 2.05) is 0 Å². The van der Waals surface area contributed by atoms with Gasteiger partial charge in [-0.05, 0) is 44.4 Å². The van der Waals surface area contributed by atoms with E-state index in [9.17, 15) is 0 Å². The molecule has 0 heterocycles. The molecule has 1 nitrogen and oxygen atoms in total. The van der Waals surface area contributed by atoms with E-state index in [4.69, 9.17) is 0 Å². The highest BCUT2D eigenvalue weighted by molar-refractivity contribution is 4.85. The van der Waals surface area contributed by atoms with E-state index in [0.717, 1.165) is 23.9 Å². The maximum atomic E-state index is 3.93. The van der Waals surface area contributed by atoms with Crippen LogP contribution in [-0.2, 0) is 0 Å². The monoisotopic (exact) mass is 223 g/mol. The second-order valence-electron chi connectivity index (χ2n) is 6.22. The van der Waals surface area contributed by atoms with E-state index >= 15 is 0 Å². The van der Waals surface area contributed by atoms with Crippen molar-refractivity contribution in [1.29, 1.82) is 0 Å². The minimum atomic E-state index is 0.753. The van der Waals surface area contributed by atoms with Crippen LogP contribution in [0.5, 0.6) is 0 Å². The molecular weight excluding hydrogens is 194 g/mol. The third-order valence-electron chi connectivity index (χ3n) is 4.95. The zero-order chi connectivity index (χ0) is 11.4. The largest absolute Gasteiger partial charge is 0.311 e. The van der Waals surface area contributed by atoms with E-state index < -0.39 is 0 Å². The van der Waals surface area contributed by atoms with Crippen LogP contribution in [0.1, 0.15) is 71.6 Å². The molecule has 0 saturated heterocycles. The van der Waals surface area contributed by atoms with Crippen molar-refractivity contribution in [3.05, 3.63) is 0 Å². The molecular formula is C15H29N. The van der Waals surface area contributed by atoms with Crippen LogP contribution in [0.15, 0.2) is 0 Å². The van der Waals surface area contributed by atoms with E-state index in [2.05, 4.69) is 19.2 Å². The molecule has 0 aliphatic heterocycles. The van der Waals surface area contributed by atoms with Crippen molar-refractivity contribution >= 4 is 0 Å². The Morgan fingerprint density at radius 1 is 0.875 bits per heavy atom. The first-order chi connectivity index (χ1) is 7.77. The van der Waals surface area contributed by atoms with Gasteiger partial charge in [0.1, 0.15) is 0 Å². The summed E-state index contributed by atoms with van der Waals surface area (Å²) >= 11 is 0. The van der Waals surface area contributed by atoms with Gasteiger partial charge >= 0.3 is 0 Å². The highest BCUT2D eigenvalue weighted by atomic mass is 15.0. The van der Waals surface area contributed by atoms with E-state index in [1.165, 1.54) is 57.8 Å². The Bertz CT molecular complexity index is 194. The summed E-state index contributed by atoms with van der Waals surface area (Å²) in [5.41, 5.74) is 0. The third kappa shape index (κ3) is 3.23. The number of nitrogens with one attached hydrogen (secondary N) is 1. The fraction of sp³-hybridized carbons (Fsp3) is 1.00. The maximum Gasteiger partial charge on any atom is 0.00952 e. The summed E-state index contributed by atoms with van der Waals surface area (Å²) in [6.07, 6.45) is 13.1. The molecule has 2 unspecified atom stereocenters. The van der Waals surface area contributed by atoms with E-state index in [-0.39, 0.29) is 0 Å². The summed E-state index contributed by atoms with van der Waals surface area (Å²) in [4.78, 5) is 0. The molecule has 2 rings (SSSR count). The minimum Gasteiger partial charge on any atom is -0.311 e. The van der Waals surface area contributed by atoms with Crippen LogP contribution in [0.2, 0.25) is 0 Å². The molecule has 0 radical (unpaired) electrons. The topological polar surface area (TPSA) is 12.0 Å². The quantitative estimate of drug-likeness (QED) is 0.710. The highest BCUT2D eigenvalue weighted by Gasteiger charge is 2.27. The van der Waals surface area contributed by atoms with Crippen molar-refractivity contribution in [1.82, 2.24) is 5.32 Å². The SMILES string of the molecule is CC1CCCC1N[C@@H](C)C1CCCCCC1. The van der Waals surface area contributed by atoms with Gasteiger partial charge in [0.2, 0.25) is 0 Å². The van der Waals surface area contributed by atoms with Gasteiger partial charge in [0, 0.05) is 12.1 Å². The molecule has 2 aliphatic carbocycles. The van der Waals surface area contributed by atoms with Crippen LogP contribution >= 0.6 is 0 Å². The predicted molar refractivity (Wildman–Crippen MR) is 70.6 cm³/mol. The molecule has 0 spiro atoms. The second-order valence-corrected chi connectivity index (χ2v) is 6.22. The highest BCUT2D eigenvalue weighted by Crippen LogP contribution is 2.29. The van der Waals surface area contributed by atoms with Gasteiger partial charge in [-0.3, -0.25) is 0 Å². The Kier molecular flexibility index (Phi) is 4.69. The summed E-state index contributed by atoms with van der Waals surface area (Å²) in [6.45, 7) is 4.85. The van der Waals surface area contributed by atoms with Crippen molar-refractivity contribution < 1.29 is 0 Å². The number of hydrogen-bond donors (Lipinski definition) is 1. The average Bonchev–Trinajstić information content (AvgIpc) is 2.57. The van der Waals surface area contributed by atoms with Crippen LogP contribution in [0.3, 0.4) is 0 Å². The minimum absolute atomic E-state index is 0.753. The molecule has 1 heteroatoms. The van der Waals surface area contributed by atoms with Crippen molar-refractivity contribution in [2.75, 3.05) is 0 Å². The molecule has 0 aromatic rings. The molecule has 0 aromatic carbocycles. The predicted octanol–water partition coefficient (Wildman–Crippen LogP) is 4.12. The fourth-order valence-electron chi connectivity index (χ4n) is 3.68. The van der Waals surface area contributed by atoms with Gasteiger partial charge in [0.15, 0.2) is 0 Å². The zero-order valence-electron chi connectivity index (χ0n) is 11.2. The van der Waals surface area contributed by atoms with Gasteiger partial charge in [-0.1, -0.05) is 39.0 Å². The van der Waals surface area contributed by atoms with Crippen LogP contribution < -0.4 is 5.32 Å². The first kappa shape index (κ1) is 12.4. The van der Waals surface area contributed by atoms with Gasteiger partial charge in [-0.2, -0.15) is 0 Å². The molecule has 0 aromatic heterocycles. The van der Waals surface area contributed by atoms with E-state index in [0.29, 0.717) is 0 Å². The first-order valence-corrected chi connectivity index (χ1v) is 7.53. The summed E-state index contributed by atoms with van der Waals surface area (Å²) in [7, 11) is 0. The second kappa shape index (κ2) is 6.05. The molecule has 2 aliphatic rings. The Morgan fingerprint density at radius 3 is 2.12 bits per heavy atom. The first-order valence-electron chi connectivity index (χ1n) is 7.53. The van der Waals surface area contributed by atoms with Gasteiger partial charge in [0.05, 0.1) is 0 Å². The Hall–Kier alpha value is -0.0400. The lowest BCUT2D eigenvalue weighted by molar-refractivity contribution is 0.287. The summed E-state index contributed by atoms with van der Waals surface area (Å²) < 4.78 is 0. The lowest BCUT2D eigenvalue weighted by Gasteiger charge is -2.29. The third-order valence-corrected chi connectivity index (χ3v) is 4.95. The molecule has 1 N–H and O–H groups in total. The lowest BCUT2D eigenvalue weighted by Crippen LogP contribution is -2.42. The molecule has 2 saturated carbocycles. The zero-order valence-corrected chi connectivity index (χ0v) is 11.2. The Labute approximate surface area is 101 Å². The molecule has 16 heavy (non-hydrogen) atoms. The van der Waals surface area contributed by atoms with Gasteiger partial charge < -0.3 is 5.32 Å². The van der Waals surface area contributed by atoms with Gasteiger partial charge in [-0.25, -0.2) is 0 Å². The average molecular weight is 223 g/mol. The summed E-state index contributed by atoms with van der Waals surface area (Å²) in [5.74, 6) is 1.86. The van der Waals surface area contributed by atoms with Crippen LogP contribution in [0, 0.1) is 11.8 Å². The van der Waals surface area contributed by atoms with E-state index in [1.54, 1.807) is 0 Å². The molecule has 2 fully saturated rings. The van der Waals surface area contributed by atoms with Crippen LogP contribution in [0.4, 0.5) is 0 Å². The number of hydrogen-bond acceptors (Lipinski definition) is 1. The van der Waals surface area contributed by atoms with Gasteiger partial charge in [-0.15, -0.1) is 0 Å². The van der Waals surface area contributed by atoms with Crippen molar-refractivity contribution in [3.8, 4) is 0 Å². The fourth-order valence-corrected chi connectivity index (χ4v) is 3.68. The summed E-state index contributed by atoms with van der Waals surface area (Å²) in [6, 6.07) is 1.57. The normalized spacial score (nSPS) is 34.9. The Morgan fingerprint density at radius 2 is 1.56 bits per heavy atom. The molecule has 94 valence electrons. The molecule has 0 amide bonds. The molecule has 0 bridgehead atoms. The smallest absolute Gasteiger partial charge is 0.00952 e.